The number of nitrogens with two attached hydrogens (primary N) is 4. The van der Waals surface area contributed by atoms with E-state index in [4.69, 9.17) is 22.9 Å². The normalized spacial score (nSPS) is 13.0. The van der Waals surface area contributed by atoms with Crippen molar-refractivity contribution in [3.63, 3.8) is 0 Å². The molecule has 9 N–H and O–H groups in total. The number of unbranched alkanes of at least 4 members (excludes halogenated alkanes) is 1. The van der Waals surface area contributed by atoms with Crippen LogP contribution in [0.1, 0.15) is 44.9 Å². The molecule has 0 radical (unpaired) electrons. The number of hydrogen-bond acceptors (Lipinski definition) is 6. The zero-order valence-corrected chi connectivity index (χ0v) is 14.4. The molecule has 0 aliphatic rings. The first-order valence-electron chi connectivity index (χ1n) is 9.05. The average Bonchev–Trinajstić information content (AvgIpc) is 2.54. The Morgan fingerprint density at radius 3 is 1.77 bits per heavy atom. The quantitative estimate of drug-likeness (QED) is 0.237. The van der Waals surface area contributed by atoms with E-state index < -0.39 is 0 Å². The maximum absolute atomic E-state index is 5.70. The van der Waals surface area contributed by atoms with Crippen molar-refractivity contribution in [3.8, 4) is 0 Å². The van der Waals surface area contributed by atoms with Gasteiger partial charge in [0.05, 0.1) is 0 Å². The van der Waals surface area contributed by atoms with Crippen LogP contribution in [0, 0.1) is 0 Å². The van der Waals surface area contributed by atoms with Crippen LogP contribution < -0.4 is 28.3 Å². The van der Waals surface area contributed by atoms with Crippen molar-refractivity contribution < 1.29 is 0 Å². The Kier molecular flexibility index (Phi) is 16.9. The lowest BCUT2D eigenvalue weighted by molar-refractivity contribution is 0.172. The summed E-state index contributed by atoms with van der Waals surface area (Å²) in [5, 5.41) is 3.53. The predicted octanol–water partition coefficient (Wildman–Crippen LogP) is -0.188. The maximum Gasteiger partial charge on any atom is 0.0108 e. The van der Waals surface area contributed by atoms with Crippen LogP contribution in [0.5, 0.6) is 0 Å². The van der Waals surface area contributed by atoms with E-state index >= 15 is 0 Å². The van der Waals surface area contributed by atoms with Crippen molar-refractivity contribution in [2.24, 2.45) is 22.9 Å². The van der Waals surface area contributed by atoms with Gasteiger partial charge in [0.1, 0.15) is 0 Å². The molecule has 0 aliphatic carbocycles. The topological polar surface area (TPSA) is 119 Å². The van der Waals surface area contributed by atoms with Crippen molar-refractivity contribution in [3.05, 3.63) is 0 Å². The standard InChI is InChI=1S/C16H40N6/c17-8-1-2-12-21-13-7-16(6-3-9-18)22(14-4-10-19)15-5-11-20/h16,21H,1-15,17-20H2. The molecular weight excluding hydrogens is 276 g/mol. The Hall–Kier alpha value is -0.240. The molecule has 0 saturated carbocycles. The molecule has 6 nitrogen and oxygen atoms in total. The van der Waals surface area contributed by atoms with Crippen LogP contribution in [0.4, 0.5) is 0 Å². The molecule has 0 fully saturated rings. The Labute approximate surface area is 137 Å². The van der Waals surface area contributed by atoms with Crippen molar-refractivity contribution in [1.82, 2.24) is 10.2 Å². The van der Waals surface area contributed by atoms with Gasteiger partial charge >= 0.3 is 0 Å². The maximum atomic E-state index is 5.70. The summed E-state index contributed by atoms with van der Waals surface area (Å²) in [6.07, 6.45) is 7.77. The summed E-state index contributed by atoms with van der Waals surface area (Å²) in [6, 6.07) is 0.587. The Morgan fingerprint density at radius 1 is 0.636 bits per heavy atom. The third kappa shape index (κ3) is 12.3. The van der Waals surface area contributed by atoms with Crippen molar-refractivity contribution in [2.75, 3.05) is 52.4 Å². The third-order valence-electron chi connectivity index (χ3n) is 4.02. The highest BCUT2D eigenvalue weighted by Gasteiger charge is 2.16. The van der Waals surface area contributed by atoms with Gasteiger partial charge in [0.2, 0.25) is 0 Å². The molecule has 0 aromatic rings. The fourth-order valence-corrected chi connectivity index (χ4v) is 2.72. The zero-order chi connectivity index (χ0) is 16.5. The van der Waals surface area contributed by atoms with Crippen LogP contribution >= 0.6 is 0 Å². The lowest BCUT2D eigenvalue weighted by Crippen LogP contribution is -2.40. The zero-order valence-electron chi connectivity index (χ0n) is 14.4. The summed E-state index contributed by atoms with van der Waals surface area (Å²) in [6.45, 7) is 7.31. The number of rotatable bonds is 17. The van der Waals surface area contributed by atoms with Crippen molar-refractivity contribution >= 4 is 0 Å². The summed E-state index contributed by atoms with van der Waals surface area (Å²) in [5.41, 5.74) is 22.6. The van der Waals surface area contributed by atoms with Gasteiger partial charge in [0, 0.05) is 6.04 Å². The molecule has 0 aromatic carbocycles. The first-order chi connectivity index (χ1) is 10.8. The Bertz CT molecular complexity index is 207. The molecule has 1 atom stereocenters. The molecule has 0 heterocycles. The molecule has 0 amide bonds. The van der Waals surface area contributed by atoms with Gasteiger partial charge in [-0.05, 0) is 97.3 Å². The summed E-state index contributed by atoms with van der Waals surface area (Å²) >= 11 is 0. The molecule has 1 unspecified atom stereocenters. The summed E-state index contributed by atoms with van der Waals surface area (Å²) in [7, 11) is 0. The van der Waals surface area contributed by atoms with Gasteiger partial charge in [-0.1, -0.05) is 0 Å². The van der Waals surface area contributed by atoms with E-state index in [1.165, 1.54) is 0 Å². The van der Waals surface area contributed by atoms with Gasteiger partial charge in [-0.2, -0.15) is 0 Å². The second-order valence-electron chi connectivity index (χ2n) is 5.94. The van der Waals surface area contributed by atoms with E-state index in [2.05, 4.69) is 10.2 Å². The van der Waals surface area contributed by atoms with Crippen LogP contribution in [-0.2, 0) is 0 Å². The van der Waals surface area contributed by atoms with Crippen LogP contribution in [-0.4, -0.2) is 63.3 Å². The minimum absolute atomic E-state index is 0.587. The fraction of sp³-hybridized carbons (Fsp3) is 1.00. The monoisotopic (exact) mass is 316 g/mol. The summed E-state index contributed by atoms with van der Waals surface area (Å²) in [4.78, 5) is 2.57. The number of nitrogens with zero attached hydrogens (tertiary/aromatic N) is 1. The highest BCUT2D eigenvalue weighted by molar-refractivity contribution is 4.74. The first-order valence-corrected chi connectivity index (χ1v) is 9.05. The highest BCUT2D eigenvalue weighted by Crippen LogP contribution is 2.12. The first kappa shape index (κ1) is 21.8. The second-order valence-corrected chi connectivity index (χ2v) is 5.94. The van der Waals surface area contributed by atoms with Gasteiger partial charge in [0.25, 0.3) is 0 Å². The highest BCUT2D eigenvalue weighted by atomic mass is 15.2. The van der Waals surface area contributed by atoms with E-state index in [0.29, 0.717) is 6.04 Å². The average molecular weight is 317 g/mol. The lowest BCUT2D eigenvalue weighted by Gasteiger charge is -2.32. The van der Waals surface area contributed by atoms with Gasteiger partial charge in [-0.25, -0.2) is 0 Å². The van der Waals surface area contributed by atoms with Crippen LogP contribution in [0.25, 0.3) is 0 Å². The van der Waals surface area contributed by atoms with Gasteiger partial charge < -0.3 is 33.2 Å². The van der Waals surface area contributed by atoms with E-state index in [0.717, 1.165) is 97.3 Å². The molecular formula is C16H40N6. The van der Waals surface area contributed by atoms with Crippen molar-refractivity contribution in [2.45, 2.75) is 51.0 Å². The third-order valence-corrected chi connectivity index (χ3v) is 4.02. The van der Waals surface area contributed by atoms with E-state index in [-0.39, 0.29) is 0 Å². The molecule has 0 bridgehead atoms. The van der Waals surface area contributed by atoms with Crippen LogP contribution in [0.2, 0.25) is 0 Å². The molecule has 6 heteroatoms. The minimum Gasteiger partial charge on any atom is -0.330 e. The van der Waals surface area contributed by atoms with E-state index in [1.807, 2.05) is 0 Å². The lowest BCUT2D eigenvalue weighted by atomic mass is 10.0. The van der Waals surface area contributed by atoms with Crippen molar-refractivity contribution in [1.29, 1.82) is 0 Å². The smallest absolute Gasteiger partial charge is 0.0108 e. The largest absolute Gasteiger partial charge is 0.330 e. The van der Waals surface area contributed by atoms with Crippen LogP contribution in [0.3, 0.4) is 0 Å². The number of nitrogens with one attached hydrogen (secondary N) is 1. The molecule has 134 valence electrons. The predicted molar refractivity (Wildman–Crippen MR) is 96.8 cm³/mol. The fourth-order valence-electron chi connectivity index (χ4n) is 2.72. The van der Waals surface area contributed by atoms with Crippen LogP contribution in [0.15, 0.2) is 0 Å². The molecule has 0 aliphatic heterocycles. The van der Waals surface area contributed by atoms with Gasteiger partial charge in [-0.3, -0.25) is 0 Å². The van der Waals surface area contributed by atoms with E-state index in [1.54, 1.807) is 0 Å². The minimum atomic E-state index is 0.587. The second kappa shape index (κ2) is 17.1. The number of hydrogen-bond donors (Lipinski definition) is 5. The van der Waals surface area contributed by atoms with E-state index in [9.17, 15) is 0 Å². The molecule has 0 spiro atoms. The van der Waals surface area contributed by atoms with Gasteiger partial charge in [0.15, 0.2) is 0 Å². The molecule has 0 rings (SSSR count). The molecule has 0 saturated heterocycles. The SMILES string of the molecule is NCCCCNCCC(CCCN)N(CCCN)CCCN. The molecule has 0 aromatic heterocycles. The summed E-state index contributed by atoms with van der Waals surface area (Å²) in [5.74, 6) is 0. The Balaban J connectivity index is 4.20. The van der Waals surface area contributed by atoms with Gasteiger partial charge in [-0.15, -0.1) is 0 Å². The Morgan fingerprint density at radius 2 is 1.23 bits per heavy atom. The molecule has 22 heavy (non-hydrogen) atoms. The summed E-state index contributed by atoms with van der Waals surface area (Å²) < 4.78 is 0.